The fraction of sp³-hybridized carbons (Fsp3) is 0.500. The van der Waals surface area contributed by atoms with Gasteiger partial charge in [-0.05, 0) is 57.6 Å². The monoisotopic (exact) mass is 441 g/mol. The molecule has 0 aromatic heterocycles. The second-order valence-electron chi connectivity index (χ2n) is 9.01. The summed E-state index contributed by atoms with van der Waals surface area (Å²) >= 11 is 0. The van der Waals surface area contributed by atoms with E-state index in [1.165, 1.54) is 17.7 Å². The van der Waals surface area contributed by atoms with Crippen molar-refractivity contribution in [2.24, 2.45) is 11.8 Å². The first kappa shape index (κ1) is 24.2. The Balaban J connectivity index is 1.57. The molecule has 0 radical (unpaired) electrons. The number of nitrogens with zero attached hydrogens (tertiary/aromatic N) is 2. The molecule has 0 saturated carbocycles. The summed E-state index contributed by atoms with van der Waals surface area (Å²) in [5.74, 6) is 0.533. The molecule has 6 heteroatoms. The molecule has 174 valence electrons. The molecular weight excluding hydrogens is 405 g/mol. The Kier molecular flexibility index (Phi) is 9.50. The zero-order valence-electron chi connectivity index (χ0n) is 19.3. The van der Waals surface area contributed by atoms with E-state index in [0.29, 0.717) is 18.9 Å². The second-order valence-corrected chi connectivity index (χ2v) is 9.01. The van der Waals surface area contributed by atoms with Crippen LogP contribution in [-0.4, -0.2) is 69.1 Å². The highest BCUT2D eigenvalue weighted by atomic mass is 19.1. The standard InChI is InChI=1S/C26H36FN3O2/c1-29(2)14-7-13-28-26(31)23-16-22(20-32-25-11-6-10-24(27)17-25)18-30(19-23)15-12-21-8-4-3-5-9-21/h3-6,8-11,17,22-23H,7,12-16,18-20H2,1-2H3,(H,28,31)/t22-,23+/m0/s1. The van der Waals surface area contributed by atoms with Crippen LogP contribution in [0.3, 0.4) is 0 Å². The zero-order chi connectivity index (χ0) is 22.8. The maximum Gasteiger partial charge on any atom is 0.224 e. The molecule has 1 saturated heterocycles. The van der Waals surface area contributed by atoms with Crippen LogP contribution in [0, 0.1) is 17.7 Å². The van der Waals surface area contributed by atoms with Gasteiger partial charge >= 0.3 is 0 Å². The van der Waals surface area contributed by atoms with Crippen LogP contribution < -0.4 is 10.1 Å². The molecule has 1 amide bonds. The van der Waals surface area contributed by atoms with Crippen molar-refractivity contribution >= 4 is 5.91 Å². The Hall–Kier alpha value is -2.44. The summed E-state index contributed by atoms with van der Waals surface area (Å²) in [5.41, 5.74) is 1.30. The number of halogens is 1. The Bertz CT molecular complexity index is 831. The molecule has 0 spiro atoms. The highest BCUT2D eigenvalue weighted by Crippen LogP contribution is 2.24. The largest absolute Gasteiger partial charge is 0.493 e. The van der Waals surface area contributed by atoms with Gasteiger partial charge in [0.15, 0.2) is 0 Å². The molecule has 1 aliphatic heterocycles. The summed E-state index contributed by atoms with van der Waals surface area (Å²) in [6.07, 6.45) is 2.68. The highest BCUT2D eigenvalue weighted by Gasteiger charge is 2.31. The van der Waals surface area contributed by atoms with Gasteiger partial charge in [0, 0.05) is 38.2 Å². The van der Waals surface area contributed by atoms with E-state index in [2.05, 4.69) is 39.4 Å². The van der Waals surface area contributed by atoms with E-state index in [1.807, 2.05) is 20.2 Å². The summed E-state index contributed by atoms with van der Waals surface area (Å²) in [4.78, 5) is 17.4. The summed E-state index contributed by atoms with van der Waals surface area (Å²) in [5, 5.41) is 3.12. The molecule has 0 unspecified atom stereocenters. The number of likely N-dealkylation sites (tertiary alicyclic amines) is 1. The minimum Gasteiger partial charge on any atom is -0.493 e. The van der Waals surface area contributed by atoms with E-state index >= 15 is 0 Å². The van der Waals surface area contributed by atoms with Gasteiger partial charge in [-0.15, -0.1) is 0 Å². The van der Waals surface area contributed by atoms with Gasteiger partial charge in [0.25, 0.3) is 0 Å². The number of benzene rings is 2. The number of hydrogen-bond acceptors (Lipinski definition) is 4. The lowest BCUT2D eigenvalue weighted by molar-refractivity contribution is -0.127. The van der Waals surface area contributed by atoms with Crippen molar-refractivity contribution in [3.63, 3.8) is 0 Å². The number of rotatable bonds is 11. The summed E-state index contributed by atoms with van der Waals surface area (Å²) in [6, 6.07) is 16.7. The Morgan fingerprint density at radius 3 is 2.72 bits per heavy atom. The van der Waals surface area contributed by atoms with Gasteiger partial charge < -0.3 is 19.9 Å². The predicted octanol–water partition coefficient (Wildman–Crippen LogP) is 3.45. The molecule has 3 rings (SSSR count). The van der Waals surface area contributed by atoms with Crippen LogP contribution in [-0.2, 0) is 11.2 Å². The smallest absolute Gasteiger partial charge is 0.224 e. The molecule has 0 bridgehead atoms. The van der Waals surface area contributed by atoms with Crippen molar-refractivity contribution in [2.45, 2.75) is 19.3 Å². The molecule has 1 heterocycles. The maximum atomic E-state index is 13.5. The minimum absolute atomic E-state index is 0.0556. The highest BCUT2D eigenvalue weighted by molar-refractivity contribution is 5.79. The van der Waals surface area contributed by atoms with Crippen LogP contribution in [0.25, 0.3) is 0 Å². The van der Waals surface area contributed by atoms with Crippen LogP contribution in [0.4, 0.5) is 4.39 Å². The second kappa shape index (κ2) is 12.6. The van der Waals surface area contributed by atoms with Crippen LogP contribution in [0.1, 0.15) is 18.4 Å². The van der Waals surface area contributed by atoms with Gasteiger partial charge in [-0.1, -0.05) is 36.4 Å². The third kappa shape index (κ3) is 8.24. The van der Waals surface area contributed by atoms with Gasteiger partial charge in [0.2, 0.25) is 5.91 Å². The van der Waals surface area contributed by atoms with E-state index in [0.717, 1.165) is 45.4 Å². The normalized spacial score (nSPS) is 19.1. The van der Waals surface area contributed by atoms with E-state index in [-0.39, 0.29) is 23.6 Å². The number of amides is 1. The number of nitrogens with one attached hydrogen (secondary N) is 1. The average Bonchev–Trinajstić information content (AvgIpc) is 2.79. The number of ether oxygens (including phenoxy) is 1. The van der Waals surface area contributed by atoms with Crippen molar-refractivity contribution in [1.29, 1.82) is 0 Å². The molecule has 1 N–H and O–H groups in total. The average molecular weight is 442 g/mol. The molecule has 1 aliphatic rings. The van der Waals surface area contributed by atoms with Crippen molar-refractivity contribution in [3.8, 4) is 5.75 Å². The van der Waals surface area contributed by atoms with Crippen molar-refractivity contribution in [3.05, 3.63) is 66.0 Å². The van der Waals surface area contributed by atoms with E-state index < -0.39 is 0 Å². The number of carbonyl (C=O) groups is 1. The van der Waals surface area contributed by atoms with Crippen LogP contribution in [0.5, 0.6) is 5.75 Å². The topological polar surface area (TPSA) is 44.8 Å². The molecule has 2 atom stereocenters. The fourth-order valence-corrected chi connectivity index (χ4v) is 4.25. The predicted molar refractivity (Wildman–Crippen MR) is 126 cm³/mol. The Labute approximate surface area is 191 Å². The van der Waals surface area contributed by atoms with Crippen molar-refractivity contribution in [2.75, 3.05) is 53.4 Å². The first-order valence-electron chi connectivity index (χ1n) is 11.6. The van der Waals surface area contributed by atoms with Gasteiger partial charge in [-0.2, -0.15) is 0 Å². The molecule has 32 heavy (non-hydrogen) atoms. The Morgan fingerprint density at radius 1 is 1.16 bits per heavy atom. The SMILES string of the molecule is CN(C)CCCNC(=O)[C@@H]1C[C@H](COc2cccc(F)c2)CN(CCc2ccccc2)C1. The zero-order valence-corrected chi connectivity index (χ0v) is 19.3. The minimum atomic E-state index is -0.300. The van der Waals surface area contributed by atoms with E-state index in [9.17, 15) is 9.18 Å². The fourth-order valence-electron chi connectivity index (χ4n) is 4.25. The first-order valence-corrected chi connectivity index (χ1v) is 11.6. The number of carbonyl (C=O) groups excluding carboxylic acids is 1. The number of piperidine rings is 1. The van der Waals surface area contributed by atoms with Crippen molar-refractivity contribution in [1.82, 2.24) is 15.1 Å². The quantitative estimate of drug-likeness (QED) is 0.543. The van der Waals surface area contributed by atoms with Crippen LogP contribution in [0.15, 0.2) is 54.6 Å². The molecular formula is C26H36FN3O2. The van der Waals surface area contributed by atoms with Crippen LogP contribution >= 0.6 is 0 Å². The van der Waals surface area contributed by atoms with E-state index in [4.69, 9.17) is 4.74 Å². The van der Waals surface area contributed by atoms with Gasteiger partial charge in [0.05, 0.1) is 12.5 Å². The third-order valence-corrected chi connectivity index (χ3v) is 5.91. The molecule has 0 aliphatic carbocycles. The van der Waals surface area contributed by atoms with Crippen LogP contribution in [0.2, 0.25) is 0 Å². The Morgan fingerprint density at radius 2 is 1.97 bits per heavy atom. The molecule has 5 nitrogen and oxygen atoms in total. The van der Waals surface area contributed by atoms with Gasteiger partial charge in [0.1, 0.15) is 11.6 Å². The van der Waals surface area contributed by atoms with Gasteiger partial charge in [-0.25, -0.2) is 4.39 Å². The lowest BCUT2D eigenvalue weighted by atomic mass is 9.88. The third-order valence-electron chi connectivity index (χ3n) is 5.91. The molecule has 2 aromatic rings. The summed E-state index contributed by atoms with van der Waals surface area (Å²) in [6.45, 7) is 4.69. The van der Waals surface area contributed by atoms with E-state index in [1.54, 1.807) is 12.1 Å². The first-order chi connectivity index (χ1) is 15.5. The lowest BCUT2D eigenvalue weighted by Gasteiger charge is -2.37. The molecule has 2 aromatic carbocycles. The lowest BCUT2D eigenvalue weighted by Crippen LogP contribution is -2.48. The summed E-state index contributed by atoms with van der Waals surface area (Å²) in [7, 11) is 4.08. The number of hydrogen-bond donors (Lipinski definition) is 1. The van der Waals surface area contributed by atoms with Crippen molar-refractivity contribution < 1.29 is 13.9 Å². The summed E-state index contributed by atoms with van der Waals surface area (Å²) < 4.78 is 19.4. The van der Waals surface area contributed by atoms with Gasteiger partial charge in [-0.3, -0.25) is 4.79 Å². The molecule has 1 fully saturated rings. The maximum absolute atomic E-state index is 13.5.